The van der Waals surface area contributed by atoms with Crippen LogP contribution in [0.4, 0.5) is 11.5 Å². The Morgan fingerprint density at radius 2 is 1.79 bits per heavy atom. The van der Waals surface area contributed by atoms with Crippen molar-refractivity contribution in [1.29, 1.82) is 0 Å². The second kappa shape index (κ2) is 8.52. The van der Waals surface area contributed by atoms with Crippen LogP contribution in [0.3, 0.4) is 0 Å². The van der Waals surface area contributed by atoms with Crippen molar-refractivity contribution in [2.75, 3.05) is 26.1 Å². The first-order chi connectivity index (χ1) is 14.3. The molecule has 1 aliphatic heterocycles. The van der Waals surface area contributed by atoms with Crippen molar-refractivity contribution >= 4 is 17.2 Å². The Bertz CT molecular complexity index is 1060. The van der Waals surface area contributed by atoms with Gasteiger partial charge in [-0.2, -0.15) is 9.97 Å². The van der Waals surface area contributed by atoms with Crippen molar-refractivity contribution < 1.29 is 9.47 Å². The van der Waals surface area contributed by atoms with E-state index in [1.807, 2.05) is 30.3 Å². The maximum Gasteiger partial charge on any atom is 0.318 e. The van der Waals surface area contributed by atoms with Crippen molar-refractivity contribution in [2.24, 2.45) is 4.99 Å². The first kappa shape index (κ1) is 18.6. The molecule has 7 nitrogen and oxygen atoms in total. The third-order valence-corrected chi connectivity index (χ3v) is 4.46. The smallest absolute Gasteiger partial charge is 0.318 e. The van der Waals surface area contributed by atoms with Crippen LogP contribution in [0, 0.1) is 0 Å². The number of allylic oxidation sites excluding steroid dienone is 1. The lowest BCUT2D eigenvalue weighted by molar-refractivity contribution is 0.373. The average Bonchev–Trinajstić information content (AvgIpc) is 2.80. The number of hydrogen-bond donors (Lipinski definition) is 1. The van der Waals surface area contributed by atoms with Crippen molar-refractivity contribution in [3.63, 3.8) is 0 Å². The van der Waals surface area contributed by atoms with Crippen LogP contribution in [-0.2, 0) is 0 Å². The van der Waals surface area contributed by atoms with E-state index in [9.17, 15) is 0 Å². The number of hydrogen-bond acceptors (Lipinski definition) is 7. The highest BCUT2D eigenvalue weighted by atomic mass is 16.5. The van der Waals surface area contributed by atoms with E-state index in [0.29, 0.717) is 17.3 Å². The van der Waals surface area contributed by atoms with E-state index in [1.54, 1.807) is 26.6 Å². The van der Waals surface area contributed by atoms with Crippen molar-refractivity contribution in [2.45, 2.75) is 6.42 Å². The number of benzene rings is 1. The van der Waals surface area contributed by atoms with Gasteiger partial charge in [-0.3, -0.25) is 9.98 Å². The summed E-state index contributed by atoms with van der Waals surface area (Å²) in [6, 6.07) is 12.0. The standard InChI is InChI=1S/C22H21N5O2/c1-28-20-19(16-7-5-6-15(14-16)18-8-3-4-11-24-18)26-22(29-2)27-21(20)25-17-9-12-23-13-10-17/h3,5-10,12-14H,4,11H2,1-2H3,(H,23,25,26,27). The van der Waals surface area contributed by atoms with E-state index in [4.69, 9.17) is 9.47 Å². The van der Waals surface area contributed by atoms with Gasteiger partial charge in [0.05, 0.1) is 19.9 Å². The zero-order chi connectivity index (χ0) is 20.1. The highest BCUT2D eigenvalue weighted by molar-refractivity contribution is 6.09. The number of pyridine rings is 1. The van der Waals surface area contributed by atoms with Crippen molar-refractivity contribution in [3.8, 4) is 23.0 Å². The number of rotatable bonds is 6. The van der Waals surface area contributed by atoms with Gasteiger partial charge >= 0.3 is 6.01 Å². The lowest BCUT2D eigenvalue weighted by Gasteiger charge is -2.15. The summed E-state index contributed by atoms with van der Waals surface area (Å²) >= 11 is 0. The summed E-state index contributed by atoms with van der Waals surface area (Å²) in [5.74, 6) is 1.04. The highest BCUT2D eigenvalue weighted by Gasteiger charge is 2.18. The lowest BCUT2D eigenvalue weighted by atomic mass is 10.0. The van der Waals surface area contributed by atoms with E-state index in [2.05, 4.69) is 43.5 Å². The minimum atomic E-state index is 0.248. The molecule has 2 aromatic heterocycles. The van der Waals surface area contributed by atoms with E-state index in [0.717, 1.165) is 35.5 Å². The Morgan fingerprint density at radius 1 is 0.966 bits per heavy atom. The molecule has 0 amide bonds. The van der Waals surface area contributed by atoms with E-state index in [1.165, 1.54) is 0 Å². The zero-order valence-corrected chi connectivity index (χ0v) is 16.3. The number of nitrogens with zero attached hydrogens (tertiary/aromatic N) is 4. The van der Waals surface area contributed by atoms with Crippen LogP contribution in [0.25, 0.3) is 11.3 Å². The van der Waals surface area contributed by atoms with Crippen LogP contribution in [-0.4, -0.2) is 41.4 Å². The Hall–Kier alpha value is -3.74. The van der Waals surface area contributed by atoms with E-state index >= 15 is 0 Å². The Labute approximate surface area is 169 Å². The monoisotopic (exact) mass is 387 g/mol. The summed E-state index contributed by atoms with van der Waals surface area (Å²) in [6.45, 7) is 0.806. The molecule has 1 N–H and O–H groups in total. The topological polar surface area (TPSA) is 81.5 Å². The molecular formula is C22H21N5O2. The number of anilines is 2. The molecule has 3 aromatic rings. The van der Waals surface area contributed by atoms with E-state index < -0.39 is 0 Å². The van der Waals surface area contributed by atoms with Crippen molar-refractivity contribution in [1.82, 2.24) is 15.0 Å². The van der Waals surface area contributed by atoms with Crippen LogP contribution in [0.15, 0.2) is 65.9 Å². The van der Waals surface area contributed by atoms with Gasteiger partial charge in [0.1, 0.15) is 5.69 Å². The molecule has 4 rings (SSSR count). The summed E-state index contributed by atoms with van der Waals surface area (Å²) in [5, 5.41) is 3.26. The zero-order valence-electron chi connectivity index (χ0n) is 16.3. The molecule has 1 aromatic carbocycles. The second-order valence-electron chi connectivity index (χ2n) is 6.34. The molecule has 0 aliphatic carbocycles. The third-order valence-electron chi connectivity index (χ3n) is 4.46. The molecule has 146 valence electrons. The summed E-state index contributed by atoms with van der Waals surface area (Å²) in [4.78, 5) is 17.6. The normalized spacial score (nSPS) is 13.0. The lowest BCUT2D eigenvalue weighted by Crippen LogP contribution is -2.05. The summed E-state index contributed by atoms with van der Waals surface area (Å²) in [7, 11) is 3.14. The molecular weight excluding hydrogens is 366 g/mol. The van der Waals surface area contributed by atoms with Crippen molar-refractivity contribution in [3.05, 3.63) is 66.5 Å². The molecule has 3 heterocycles. The summed E-state index contributed by atoms with van der Waals surface area (Å²) < 4.78 is 11.0. The quantitative estimate of drug-likeness (QED) is 0.687. The van der Waals surface area contributed by atoms with Gasteiger partial charge < -0.3 is 14.8 Å². The molecule has 0 fully saturated rings. The predicted octanol–water partition coefficient (Wildman–Crippen LogP) is 4.05. The molecule has 0 saturated carbocycles. The molecule has 0 saturated heterocycles. The molecule has 1 aliphatic rings. The Balaban J connectivity index is 1.80. The fourth-order valence-electron chi connectivity index (χ4n) is 3.09. The fraction of sp³-hybridized carbons (Fsp3) is 0.182. The largest absolute Gasteiger partial charge is 0.491 e. The van der Waals surface area contributed by atoms with Gasteiger partial charge in [-0.15, -0.1) is 0 Å². The van der Waals surface area contributed by atoms with Gasteiger partial charge in [0.2, 0.25) is 0 Å². The molecule has 0 unspecified atom stereocenters. The molecule has 7 heteroatoms. The summed E-state index contributed by atoms with van der Waals surface area (Å²) in [5.41, 5.74) is 4.35. The minimum Gasteiger partial charge on any atom is -0.491 e. The van der Waals surface area contributed by atoms with Gasteiger partial charge in [-0.25, -0.2) is 0 Å². The average molecular weight is 387 g/mol. The number of dihydropyridines is 1. The SMILES string of the molecule is COc1nc(Nc2ccncc2)c(OC)c(-c2cccc(C3=NCCC=C3)c2)n1. The number of ether oxygens (including phenoxy) is 2. The first-order valence-electron chi connectivity index (χ1n) is 9.27. The predicted molar refractivity (Wildman–Crippen MR) is 113 cm³/mol. The van der Waals surface area contributed by atoms with Crippen LogP contribution < -0.4 is 14.8 Å². The molecule has 0 atom stereocenters. The van der Waals surface area contributed by atoms with Crippen LogP contribution in [0.2, 0.25) is 0 Å². The van der Waals surface area contributed by atoms with Crippen LogP contribution in [0.5, 0.6) is 11.8 Å². The minimum absolute atomic E-state index is 0.248. The number of aliphatic imine (C=N–C) groups is 1. The van der Waals surface area contributed by atoms with Crippen LogP contribution >= 0.6 is 0 Å². The summed E-state index contributed by atoms with van der Waals surface area (Å²) in [6.07, 6.45) is 8.58. The molecule has 0 bridgehead atoms. The Morgan fingerprint density at radius 3 is 2.52 bits per heavy atom. The maximum absolute atomic E-state index is 5.69. The molecule has 0 radical (unpaired) electrons. The fourth-order valence-corrected chi connectivity index (χ4v) is 3.09. The first-order valence-corrected chi connectivity index (χ1v) is 9.27. The number of aromatic nitrogens is 3. The van der Waals surface area contributed by atoms with Crippen LogP contribution in [0.1, 0.15) is 12.0 Å². The van der Waals surface area contributed by atoms with Gasteiger partial charge in [0.15, 0.2) is 11.6 Å². The van der Waals surface area contributed by atoms with E-state index in [-0.39, 0.29) is 6.01 Å². The Kier molecular flexibility index (Phi) is 5.47. The van der Waals surface area contributed by atoms with Gasteiger partial charge in [0.25, 0.3) is 0 Å². The third kappa shape index (κ3) is 4.08. The molecule has 0 spiro atoms. The molecule has 29 heavy (non-hydrogen) atoms. The highest BCUT2D eigenvalue weighted by Crippen LogP contribution is 2.37. The van der Waals surface area contributed by atoms with Gasteiger partial charge in [0, 0.05) is 35.8 Å². The van der Waals surface area contributed by atoms with Gasteiger partial charge in [-0.1, -0.05) is 24.3 Å². The maximum atomic E-state index is 5.69. The second-order valence-corrected chi connectivity index (χ2v) is 6.34. The number of methoxy groups -OCH3 is 2. The van der Waals surface area contributed by atoms with Gasteiger partial charge in [-0.05, 0) is 30.7 Å². The number of nitrogens with one attached hydrogen (secondary N) is 1.